The molecule has 0 radical (unpaired) electrons. The quantitative estimate of drug-likeness (QED) is 0.360. The van der Waals surface area contributed by atoms with Gasteiger partial charge in [0.05, 0.1) is 24.9 Å². The Balaban J connectivity index is 1.62. The molecular weight excluding hydrogens is 436 g/mol. The summed E-state index contributed by atoms with van der Waals surface area (Å²) < 4.78 is 16.9. The van der Waals surface area contributed by atoms with Gasteiger partial charge in [0.2, 0.25) is 0 Å². The lowest BCUT2D eigenvalue weighted by molar-refractivity contribution is -0.140. The minimum Gasteiger partial charge on any atom is -0.507 e. The van der Waals surface area contributed by atoms with Gasteiger partial charge in [-0.15, -0.1) is 0 Å². The maximum atomic E-state index is 13.1. The van der Waals surface area contributed by atoms with Crippen molar-refractivity contribution in [2.45, 2.75) is 39.3 Å². The number of hydrogen-bond donors (Lipinski definition) is 1. The number of amides is 1. The predicted octanol–water partition coefficient (Wildman–Crippen LogP) is 3.52. The number of carbonyl (C=O) groups is 2. The van der Waals surface area contributed by atoms with Crippen molar-refractivity contribution in [3.8, 4) is 5.75 Å². The molecule has 182 valence electrons. The highest BCUT2D eigenvalue weighted by atomic mass is 16.5. The third-order valence-corrected chi connectivity index (χ3v) is 6.05. The van der Waals surface area contributed by atoms with E-state index in [1.165, 1.54) is 4.90 Å². The third kappa shape index (κ3) is 5.18. The average Bonchev–Trinajstić information content (AvgIpc) is 3.35. The number of aliphatic hydroxyl groups is 1. The molecule has 34 heavy (non-hydrogen) atoms. The van der Waals surface area contributed by atoms with Gasteiger partial charge in [0.1, 0.15) is 29.1 Å². The highest BCUT2D eigenvalue weighted by molar-refractivity contribution is 6.46. The Morgan fingerprint density at radius 2 is 1.79 bits per heavy atom. The van der Waals surface area contributed by atoms with Gasteiger partial charge in [-0.05, 0) is 63.6 Å². The zero-order chi connectivity index (χ0) is 24.2. The lowest BCUT2D eigenvalue weighted by Gasteiger charge is -2.28. The largest absolute Gasteiger partial charge is 0.507 e. The molecule has 0 aliphatic carbocycles. The smallest absolute Gasteiger partial charge is 0.295 e. The number of hydrogen-bond acceptors (Lipinski definition) is 7. The molecule has 1 aromatic carbocycles. The number of rotatable bonds is 8. The van der Waals surface area contributed by atoms with Crippen molar-refractivity contribution in [3.05, 3.63) is 59.1 Å². The van der Waals surface area contributed by atoms with Gasteiger partial charge in [-0.2, -0.15) is 0 Å². The number of ketones is 1. The standard InChI is InChI=1S/C26H32N2O6/c1-17(2)33-20-8-6-19(7-9-20)24(29)22-23(21-10-5-18(3)34-21)28(26(31)25(22)30)12-4-11-27-13-15-32-16-14-27/h5-10,17,23,29H,4,11-16H2,1-3H3/t23-/m1/s1. The molecule has 0 bridgehead atoms. The van der Waals surface area contributed by atoms with E-state index in [-0.39, 0.29) is 17.4 Å². The van der Waals surface area contributed by atoms with Gasteiger partial charge >= 0.3 is 0 Å². The van der Waals surface area contributed by atoms with Crippen LogP contribution in [0.1, 0.15) is 43.4 Å². The molecule has 1 N–H and O–H groups in total. The fraction of sp³-hybridized carbons (Fsp3) is 0.462. The number of aliphatic hydroxyl groups excluding tert-OH is 1. The highest BCUT2D eigenvalue weighted by Crippen LogP contribution is 2.40. The topological polar surface area (TPSA) is 92.5 Å². The van der Waals surface area contributed by atoms with Gasteiger partial charge in [-0.25, -0.2) is 0 Å². The molecule has 0 unspecified atom stereocenters. The molecule has 4 rings (SSSR count). The van der Waals surface area contributed by atoms with Crippen LogP contribution in [-0.2, 0) is 14.3 Å². The first-order chi connectivity index (χ1) is 16.3. The maximum absolute atomic E-state index is 13.1. The molecule has 0 spiro atoms. The summed E-state index contributed by atoms with van der Waals surface area (Å²) >= 11 is 0. The predicted molar refractivity (Wildman–Crippen MR) is 127 cm³/mol. The van der Waals surface area contributed by atoms with Crippen molar-refractivity contribution in [1.29, 1.82) is 0 Å². The summed E-state index contributed by atoms with van der Waals surface area (Å²) in [5.41, 5.74) is 0.485. The highest BCUT2D eigenvalue weighted by Gasteiger charge is 2.47. The van der Waals surface area contributed by atoms with Crippen molar-refractivity contribution in [2.75, 3.05) is 39.4 Å². The number of furan rings is 1. The van der Waals surface area contributed by atoms with Gasteiger partial charge in [0, 0.05) is 31.7 Å². The average molecular weight is 469 g/mol. The Morgan fingerprint density at radius 3 is 2.41 bits per heavy atom. The summed E-state index contributed by atoms with van der Waals surface area (Å²) in [6.45, 7) is 9.97. The summed E-state index contributed by atoms with van der Waals surface area (Å²) in [5.74, 6) is 0.249. The molecule has 2 fully saturated rings. The van der Waals surface area contributed by atoms with Gasteiger partial charge in [-0.1, -0.05) is 0 Å². The number of likely N-dealkylation sites (tertiary alicyclic amines) is 1. The lowest BCUT2D eigenvalue weighted by atomic mass is 9.99. The van der Waals surface area contributed by atoms with Crippen LogP contribution in [0.15, 0.2) is 46.4 Å². The first-order valence-electron chi connectivity index (χ1n) is 11.8. The number of aryl methyl sites for hydroxylation is 1. The van der Waals surface area contributed by atoms with E-state index in [9.17, 15) is 14.7 Å². The molecule has 1 atom stereocenters. The molecule has 8 nitrogen and oxygen atoms in total. The molecule has 3 heterocycles. The van der Waals surface area contributed by atoms with E-state index < -0.39 is 17.7 Å². The minimum atomic E-state index is -0.773. The summed E-state index contributed by atoms with van der Waals surface area (Å²) in [5, 5.41) is 11.1. The summed E-state index contributed by atoms with van der Waals surface area (Å²) in [6.07, 6.45) is 0.717. The molecule has 1 aromatic heterocycles. The summed E-state index contributed by atoms with van der Waals surface area (Å²) in [4.78, 5) is 29.9. The van der Waals surface area contributed by atoms with Crippen LogP contribution in [0, 0.1) is 6.92 Å². The van der Waals surface area contributed by atoms with E-state index in [2.05, 4.69) is 4.90 Å². The van der Waals surface area contributed by atoms with Crippen LogP contribution < -0.4 is 4.74 Å². The Kier molecular flexibility index (Phi) is 7.38. The van der Waals surface area contributed by atoms with Crippen LogP contribution >= 0.6 is 0 Å². The fourth-order valence-electron chi connectivity index (χ4n) is 4.42. The minimum absolute atomic E-state index is 0.0180. The van der Waals surface area contributed by atoms with Crippen LogP contribution in [0.3, 0.4) is 0 Å². The second-order valence-corrected chi connectivity index (χ2v) is 8.94. The Bertz CT molecular complexity index is 1050. The van der Waals surface area contributed by atoms with E-state index in [0.717, 1.165) is 19.6 Å². The third-order valence-electron chi connectivity index (χ3n) is 6.05. The van der Waals surface area contributed by atoms with Crippen LogP contribution in [0.5, 0.6) is 5.75 Å². The second-order valence-electron chi connectivity index (χ2n) is 8.94. The number of nitrogens with zero attached hydrogens (tertiary/aromatic N) is 2. The van der Waals surface area contributed by atoms with Crippen LogP contribution in [-0.4, -0.2) is 72.1 Å². The SMILES string of the molecule is Cc1ccc([C@@H]2C(=C(O)c3ccc(OC(C)C)cc3)C(=O)C(=O)N2CCCN2CCOCC2)o1. The van der Waals surface area contributed by atoms with Gasteiger partial charge in [0.15, 0.2) is 0 Å². The zero-order valence-electron chi connectivity index (χ0n) is 20.0. The van der Waals surface area contributed by atoms with Gasteiger partial charge in [0.25, 0.3) is 11.7 Å². The molecule has 1 amide bonds. The molecule has 2 aliphatic rings. The Morgan fingerprint density at radius 1 is 1.09 bits per heavy atom. The number of morpholine rings is 1. The molecular formula is C26H32N2O6. The van der Waals surface area contributed by atoms with E-state index in [1.54, 1.807) is 36.4 Å². The second kappa shape index (κ2) is 10.4. The molecule has 2 aromatic rings. The van der Waals surface area contributed by atoms with Crippen LogP contribution in [0.4, 0.5) is 0 Å². The first-order valence-corrected chi connectivity index (χ1v) is 11.8. The van der Waals surface area contributed by atoms with Gasteiger partial charge in [-0.3, -0.25) is 14.5 Å². The Labute approximate surface area is 199 Å². The first kappa shape index (κ1) is 24.0. The number of benzene rings is 1. The van der Waals surface area contributed by atoms with E-state index >= 15 is 0 Å². The van der Waals surface area contributed by atoms with Crippen molar-refractivity contribution >= 4 is 17.4 Å². The van der Waals surface area contributed by atoms with Crippen molar-refractivity contribution in [3.63, 3.8) is 0 Å². The normalized spacial score (nSPS) is 20.9. The van der Waals surface area contributed by atoms with E-state index in [0.29, 0.717) is 49.0 Å². The summed E-state index contributed by atoms with van der Waals surface area (Å²) in [6, 6.07) is 9.62. The fourth-order valence-corrected chi connectivity index (χ4v) is 4.42. The van der Waals surface area contributed by atoms with Crippen LogP contribution in [0.25, 0.3) is 5.76 Å². The maximum Gasteiger partial charge on any atom is 0.295 e. The number of Topliss-reactive ketones (excluding diaryl/α,β-unsaturated/α-hetero) is 1. The molecule has 8 heteroatoms. The van der Waals surface area contributed by atoms with Crippen LogP contribution in [0.2, 0.25) is 0 Å². The summed E-state index contributed by atoms with van der Waals surface area (Å²) in [7, 11) is 0. The number of carbonyl (C=O) groups excluding carboxylic acids is 2. The molecule has 2 saturated heterocycles. The molecule has 0 saturated carbocycles. The van der Waals surface area contributed by atoms with Crippen molar-refractivity contribution < 1.29 is 28.6 Å². The Hall–Kier alpha value is -3.10. The monoisotopic (exact) mass is 468 g/mol. The van der Waals surface area contributed by atoms with Crippen molar-refractivity contribution in [1.82, 2.24) is 9.80 Å². The van der Waals surface area contributed by atoms with Gasteiger partial charge < -0.3 is 23.9 Å². The van der Waals surface area contributed by atoms with Crippen molar-refractivity contribution in [2.24, 2.45) is 0 Å². The van der Waals surface area contributed by atoms with E-state index in [4.69, 9.17) is 13.9 Å². The van der Waals surface area contributed by atoms with E-state index in [1.807, 2.05) is 20.8 Å². The lowest BCUT2D eigenvalue weighted by Crippen LogP contribution is -2.38. The number of ether oxygens (including phenoxy) is 2. The molecule has 2 aliphatic heterocycles. The zero-order valence-corrected chi connectivity index (χ0v) is 20.0.